The summed E-state index contributed by atoms with van der Waals surface area (Å²) in [5.41, 5.74) is -1.13. The summed E-state index contributed by atoms with van der Waals surface area (Å²) in [4.78, 5) is 29.3. The Morgan fingerprint density at radius 1 is 0.946 bits per heavy atom. The standard InChI is InChI=1S/C26H24F3N3O5/c1-35-18-7-8-22(20(13-18)26(27,28)29)37-17-5-3-16(4-6-17)15-31-24(34)25(10-11-25)32-23(33)21-14-19(36-2)9-12-30-21/h3-9,12-14H,10-11,15H2,1-2H3,(H,31,34)(H,32,33). The number of aromatic nitrogens is 1. The fourth-order valence-electron chi connectivity index (χ4n) is 3.58. The van der Waals surface area contributed by atoms with Gasteiger partial charge in [0.15, 0.2) is 0 Å². The lowest BCUT2D eigenvalue weighted by Crippen LogP contribution is -2.48. The highest BCUT2D eigenvalue weighted by molar-refractivity contribution is 5.99. The summed E-state index contributed by atoms with van der Waals surface area (Å²) in [5, 5.41) is 5.53. The summed E-state index contributed by atoms with van der Waals surface area (Å²) >= 11 is 0. The molecule has 2 aromatic carbocycles. The van der Waals surface area contributed by atoms with E-state index in [1.54, 1.807) is 18.2 Å². The number of methoxy groups -OCH3 is 2. The molecule has 0 radical (unpaired) electrons. The molecule has 0 aliphatic heterocycles. The average molecular weight is 515 g/mol. The number of nitrogens with one attached hydrogen (secondary N) is 2. The van der Waals surface area contributed by atoms with Crippen molar-refractivity contribution in [2.75, 3.05) is 14.2 Å². The molecule has 1 aromatic heterocycles. The van der Waals surface area contributed by atoms with Gasteiger partial charge in [-0.25, -0.2) is 0 Å². The molecule has 0 saturated heterocycles. The zero-order chi connectivity index (χ0) is 26.6. The van der Waals surface area contributed by atoms with Gasteiger partial charge in [-0.05, 0) is 54.8 Å². The van der Waals surface area contributed by atoms with Crippen LogP contribution in [0.15, 0.2) is 60.8 Å². The number of pyridine rings is 1. The molecule has 1 aliphatic rings. The fraction of sp³-hybridized carbons (Fsp3) is 0.269. The van der Waals surface area contributed by atoms with E-state index in [0.29, 0.717) is 24.2 Å². The van der Waals surface area contributed by atoms with Gasteiger partial charge in [-0.3, -0.25) is 14.6 Å². The number of hydrogen-bond acceptors (Lipinski definition) is 6. The normalized spacial score (nSPS) is 13.9. The molecule has 1 saturated carbocycles. The minimum Gasteiger partial charge on any atom is -0.497 e. The highest BCUT2D eigenvalue weighted by atomic mass is 19.4. The molecular formula is C26H24F3N3O5. The highest BCUT2D eigenvalue weighted by Gasteiger charge is 2.51. The Hall–Kier alpha value is -4.28. The van der Waals surface area contributed by atoms with Gasteiger partial charge < -0.3 is 24.8 Å². The summed E-state index contributed by atoms with van der Waals surface area (Å²) in [5.74, 6) is -0.436. The third-order valence-electron chi connectivity index (χ3n) is 5.83. The largest absolute Gasteiger partial charge is 0.497 e. The van der Waals surface area contributed by atoms with Gasteiger partial charge >= 0.3 is 6.18 Å². The predicted octanol–water partition coefficient (Wildman–Crippen LogP) is 4.49. The Kier molecular flexibility index (Phi) is 7.23. The van der Waals surface area contributed by atoms with Crippen molar-refractivity contribution in [2.45, 2.75) is 31.1 Å². The minimum absolute atomic E-state index is 0.0650. The van der Waals surface area contributed by atoms with Gasteiger partial charge in [0.25, 0.3) is 5.91 Å². The molecule has 0 bridgehead atoms. The van der Waals surface area contributed by atoms with Crippen LogP contribution in [0, 0.1) is 0 Å². The monoisotopic (exact) mass is 515 g/mol. The van der Waals surface area contributed by atoms with Crippen molar-refractivity contribution in [1.29, 1.82) is 0 Å². The zero-order valence-electron chi connectivity index (χ0n) is 20.0. The lowest BCUT2D eigenvalue weighted by atomic mass is 10.1. The molecular weight excluding hydrogens is 491 g/mol. The van der Waals surface area contributed by atoms with Crippen LogP contribution in [0.25, 0.3) is 0 Å². The molecule has 11 heteroatoms. The van der Waals surface area contributed by atoms with Crippen molar-refractivity contribution in [1.82, 2.24) is 15.6 Å². The second kappa shape index (κ2) is 10.4. The van der Waals surface area contributed by atoms with E-state index in [1.165, 1.54) is 50.7 Å². The van der Waals surface area contributed by atoms with Crippen molar-refractivity contribution in [2.24, 2.45) is 0 Å². The summed E-state index contributed by atoms with van der Waals surface area (Å²) in [6.07, 6.45) is -2.19. The number of ether oxygens (including phenoxy) is 3. The molecule has 3 aromatic rings. The zero-order valence-corrected chi connectivity index (χ0v) is 20.0. The van der Waals surface area contributed by atoms with Gasteiger partial charge in [0.2, 0.25) is 5.91 Å². The van der Waals surface area contributed by atoms with Crippen LogP contribution in [0.4, 0.5) is 13.2 Å². The van der Waals surface area contributed by atoms with Gasteiger partial charge in [0, 0.05) is 18.8 Å². The molecule has 1 fully saturated rings. The Balaban J connectivity index is 1.35. The summed E-state index contributed by atoms with van der Waals surface area (Å²) in [6.45, 7) is 0.157. The van der Waals surface area contributed by atoms with E-state index < -0.39 is 23.2 Å². The number of amides is 2. The van der Waals surface area contributed by atoms with Crippen LogP contribution in [0.5, 0.6) is 23.0 Å². The molecule has 1 heterocycles. The van der Waals surface area contributed by atoms with Crippen LogP contribution >= 0.6 is 0 Å². The van der Waals surface area contributed by atoms with Gasteiger partial charge in [-0.15, -0.1) is 0 Å². The maximum absolute atomic E-state index is 13.4. The van der Waals surface area contributed by atoms with Crippen LogP contribution in [0.3, 0.4) is 0 Å². The third kappa shape index (κ3) is 6.11. The van der Waals surface area contributed by atoms with Crippen LogP contribution in [-0.4, -0.2) is 36.6 Å². The minimum atomic E-state index is -4.62. The maximum Gasteiger partial charge on any atom is 0.420 e. The van der Waals surface area contributed by atoms with Crippen molar-refractivity contribution in [3.05, 3.63) is 77.6 Å². The van der Waals surface area contributed by atoms with E-state index in [4.69, 9.17) is 14.2 Å². The molecule has 2 N–H and O–H groups in total. The second-order valence-corrected chi connectivity index (χ2v) is 8.41. The average Bonchev–Trinajstić information content (AvgIpc) is 3.68. The third-order valence-corrected chi connectivity index (χ3v) is 5.83. The molecule has 4 rings (SSSR count). The Morgan fingerprint density at radius 2 is 1.59 bits per heavy atom. The van der Waals surface area contributed by atoms with Gasteiger partial charge in [0.05, 0.1) is 14.2 Å². The number of halogens is 3. The Labute approximate surface area is 210 Å². The van der Waals surface area contributed by atoms with Crippen LogP contribution < -0.4 is 24.8 Å². The molecule has 37 heavy (non-hydrogen) atoms. The Bertz CT molecular complexity index is 1290. The first kappa shape index (κ1) is 25.8. The lowest BCUT2D eigenvalue weighted by molar-refractivity contribution is -0.138. The number of alkyl halides is 3. The van der Waals surface area contributed by atoms with E-state index in [-0.39, 0.29) is 35.4 Å². The topological polar surface area (TPSA) is 98.8 Å². The highest BCUT2D eigenvalue weighted by Crippen LogP contribution is 2.40. The van der Waals surface area contributed by atoms with E-state index in [2.05, 4.69) is 15.6 Å². The second-order valence-electron chi connectivity index (χ2n) is 8.41. The van der Waals surface area contributed by atoms with Crippen LogP contribution in [-0.2, 0) is 17.5 Å². The number of carbonyl (C=O) groups is 2. The molecule has 0 unspecified atom stereocenters. The van der Waals surface area contributed by atoms with Crippen molar-refractivity contribution >= 4 is 11.8 Å². The molecule has 0 atom stereocenters. The maximum atomic E-state index is 13.4. The number of nitrogens with zero attached hydrogens (tertiary/aromatic N) is 1. The first-order valence-electron chi connectivity index (χ1n) is 11.3. The van der Waals surface area contributed by atoms with Crippen molar-refractivity contribution in [3.8, 4) is 23.0 Å². The van der Waals surface area contributed by atoms with Crippen molar-refractivity contribution < 1.29 is 37.0 Å². The molecule has 194 valence electrons. The van der Waals surface area contributed by atoms with Gasteiger partial charge in [-0.1, -0.05) is 12.1 Å². The first-order chi connectivity index (χ1) is 17.6. The molecule has 2 amide bonds. The Morgan fingerprint density at radius 3 is 2.22 bits per heavy atom. The van der Waals surface area contributed by atoms with Gasteiger partial charge in [-0.2, -0.15) is 13.2 Å². The first-order valence-corrected chi connectivity index (χ1v) is 11.3. The SMILES string of the molecule is COc1ccnc(C(=O)NC2(C(=O)NCc3ccc(Oc4ccc(OC)cc4C(F)(F)F)cc3)CC2)c1. The van der Waals surface area contributed by atoms with E-state index in [9.17, 15) is 22.8 Å². The molecule has 0 spiro atoms. The number of benzene rings is 2. The number of hydrogen-bond donors (Lipinski definition) is 2. The lowest BCUT2D eigenvalue weighted by Gasteiger charge is -2.17. The van der Waals surface area contributed by atoms with E-state index in [1.807, 2.05) is 0 Å². The quantitative estimate of drug-likeness (QED) is 0.436. The summed E-state index contributed by atoms with van der Waals surface area (Å²) in [7, 11) is 2.76. The fourth-order valence-corrected chi connectivity index (χ4v) is 3.58. The van der Waals surface area contributed by atoms with Crippen molar-refractivity contribution in [3.63, 3.8) is 0 Å². The van der Waals surface area contributed by atoms with E-state index in [0.717, 1.165) is 6.07 Å². The van der Waals surface area contributed by atoms with Gasteiger partial charge in [0.1, 0.15) is 39.8 Å². The van der Waals surface area contributed by atoms with Crippen LogP contribution in [0.2, 0.25) is 0 Å². The smallest absolute Gasteiger partial charge is 0.420 e. The summed E-state index contributed by atoms with van der Waals surface area (Å²) < 4.78 is 55.7. The van der Waals surface area contributed by atoms with Crippen LogP contribution in [0.1, 0.15) is 34.5 Å². The molecule has 1 aliphatic carbocycles. The summed E-state index contributed by atoms with van der Waals surface area (Å²) in [6, 6.07) is 12.8. The number of carbonyl (C=O) groups excluding carboxylic acids is 2. The predicted molar refractivity (Wildman–Crippen MR) is 127 cm³/mol. The van der Waals surface area contributed by atoms with E-state index >= 15 is 0 Å². The molecule has 8 nitrogen and oxygen atoms in total. The number of rotatable bonds is 9.